The highest BCUT2D eigenvalue weighted by Gasteiger charge is 2.61. The molecule has 3 aliphatic carbocycles. The van der Waals surface area contributed by atoms with Crippen LogP contribution in [0.3, 0.4) is 0 Å². The summed E-state index contributed by atoms with van der Waals surface area (Å²) in [4.78, 5) is 65.6. The number of rotatable bonds is 15. The summed E-state index contributed by atoms with van der Waals surface area (Å²) in [5.41, 5.74) is -0.490. The van der Waals surface area contributed by atoms with Crippen molar-refractivity contribution in [2.45, 2.75) is 116 Å². The Labute approximate surface area is 336 Å². The van der Waals surface area contributed by atoms with E-state index in [9.17, 15) is 29.4 Å². The predicted octanol–water partition coefficient (Wildman–Crippen LogP) is 5.21. The van der Waals surface area contributed by atoms with Crippen LogP contribution in [-0.4, -0.2) is 105 Å². The van der Waals surface area contributed by atoms with Gasteiger partial charge < -0.3 is 45.3 Å². The Kier molecular flexibility index (Phi) is 11.3. The first-order chi connectivity index (χ1) is 27.1. The highest BCUT2D eigenvalue weighted by molar-refractivity contribution is 7.14. The molecule has 15 nitrogen and oxygen atoms in total. The van der Waals surface area contributed by atoms with Crippen LogP contribution in [-0.2, 0) is 19.1 Å². The first-order valence-electron chi connectivity index (χ1n) is 20.0. The number of carbonyl (C=O) groups excluding carboxylic acids is 3. The summed E-state index contributed by atoms with van der Waals surface area (Å²) in [5, 5.41) is 31.7. The van der Waals surface area contributed by atoms with E-state index < -0.39 is 53.0 Å². The van der Waals surface area contributed by atoms with Crippen molar-refractivity contribution in [1.82, 2.24) is 25.5 Å². The van der Waals surface area contributed by atoms with Crippen molar-refractivity contribution in [3.63, 3.8) is 0 Å². The van der Waals surface area contributed by atoms with Gasteiger partial charge in [0.15, 0.2) is 5.13 Å². The second-order valence-corrected chi connectivity index (χ2v) is 18.2. The van der Waals surface area contributed by atoms with Crippen molar-refractivity contribution in [3.05, 3.63) is 29.6 Å². The molecule has 2 aromatic heterocycles. The van der Waals surface area contributed by atoms with Gasteiger partial charge in [-0.25, -0.2) is 19.6 Å². The largest absolute Gasteiger partial charge is 0.491 e. The third kappa shape index (κ3) is 8.76. The number of hydrogen-bond donors (Lipinski definition) is 5. The lowest BCUT2D eigenvalue weighted by molar-refractivity contribution is -0.146. The molecule has 57 heavy (non-hydrogen) atoms. The molecular formula is C41H54N6O9S. The Hall–Kier alpha value is -4.70. The molecule has 0 bridgehead atoms. The number of benzene rings is 1. The lowest BCUT2D eigenvalue weighted by Crippen LogP contribution is -2.59. The lowest BCUT2D eigenvalue weighted by Gasteiger charge is -2.35. The van der Waals surface area contributed by atoms with Crippen LogP contribution in [0.2, 0.25) is 0 Å². The van der Waals surface area contributed by atoms with Crippen molar-refractivity contribution in [2.75, 3.05) is 25.1 Å². The molecular weight excluding hydrogens is 753 g/mol. The highest BCUT2D eigenvalue weighted by Crippen LogP contribution is 2.52. The van der Waals surface area contributed by atoms with Gasteiger partial charge in [-0.2, -0.15) is 0 Å². The number of aliphatic hydroxyl groups excluding tert-OH is 1. The van der Waals surface area contributed by atoms with Crippen molar-refractivity contribution in [2.24, 2.45) is 23.2 Å². The number of anilines is 1. The van der Waals surface area contributed by atoms with Gasteiger partial charge in [-0.05, 0) is 74.8 Å². The number of nitrogens with zero attached hydrogens (tertiary/aromatic N) is 3. The minimum absolute atomic E-state index is 0.0144. The van der Waals surface area contributed by atoms with Crippen LogP contribution in [0.15, 0.2) is 29.6 Å². The molecule has 3 saturated carbocycles. The van der Waals surface area contributed by atoms with E-state index in [1.54, 1.807) is 24.3 Å². The van der Waals surface area contributed by atoms with Crippen LogP contribution in [0.5, 0.6) is 11.5 Å². The third-order valence-corrected chi connectivity index (χ3v) is 12.4. The number of aromatic nitrogens is 2. The van der Waals surface area contributed by atoms with E-state index in [4.69, 9.17) is 24.2 Å². The maximum Gasteiger partial charge on any atom is 0.408 e. The number of aliphatic hydroxyl groups is 1. The molecule has 0 spiro atoms. The van der Waals surface area contributed by atoms with Gasteiger partial charge in [-0.3, -0.25) is 9.59 Å². The number of ether oxygens (including phenoxy) is 3. The topological polar surface area (TPSA) is 202 Å². The zero-order valence-corrected chi connectivity index (χ0v) is 34.2. The number of carbonyl (C=O) groups is 4. The molecule has 4 aliphatic rings. The van der Waals surface area contributed by atoms with Gasteiger partial charge >= 0.3 is 12.1 Å². The number of nitrogens with one attached hydrogen (secondary N) is 3. The third-order valence-electron chi connectivity index (χ3n) is 11.6. The zero-order valence-electron chi connectivity index (χ0n) is 33.4. The van der Waals surface area contributed by atoms with E-state index in [0.717, 1.165) is 18.0 Å². The average Bonchev–Trinajstić information content (AvgIpc) is 3.82. The number of fused-ring (bicyclic) bond motifs is 2. The lowest BCUT2D eigenvalue weighted by atomic mass is 9.85. The second-order valence-electron chi connectivity index (χ2n) is 17.3. The van der Waals surface area contributed by atoms with E-state index in [-0.39, 0.29) is 44.2 Å². The number of carboxylic acids is 1. The van der Waals surface area contributed by atoms with Crippen molar-refractivity contribution in [3.8, 4) is 22.9 Å². The molecule has 0 radical (unpaired) electrons. The van der Waals surface area contributed by atoms with Crippen LogP contribution >= 0.6 is 11.3 Å². The quantitative estimate of drug-likeness (QED) is 0.135. The fraction of sp³-hybridized carbons (Fsp3) is 0.610. The summed E-state index contributed by atoms with van der Waals surface area (Å²) in [6, 6.07) is 5.11. The molecule has 308 valence electrons. The maximum absolute atomic E-state index is 14.7. The molecule has 5 N–H and O–H groups in total. The Balaban J connectivity index is 1.19. The average molecular weight is 807 g/mol. The van der Waals surface area contributed by atoms with E-state index in [0.29, 0.717) is 58.5 Å². The highest BCUT2D eigenvalue weighted by atomic mass is 32.1. The fourth-order valence-corrected chi connectivity index (χ4v) is 9.24. The monoisotopic (exact) mass is 806 g/mol. The van der Waals surface area contributed by atoms with Gasteiger partial charge in [0.05, 0.1) is 24.4 Å². The SMILES string of the molecule is CC[C@@H]1C[C@]1(NC(=O)[C@@H]1C[C@@H](Oc2cc(-c3csc(NC(C)C)n3)nc3cc(OCCO)ccc23)CN1C(=O)[C@@H](NC(=O)OC1CC2C[C@H]2C1)C(C)(C)C)C(=O)O. The van der Waals surface area contributed by atoms with E-state index in [1.165, 1.54) is 22.7 Å². The molecule has 4 fully saturated rings. The Morgan fingerprint density at radius 2 is 1.79 bits per heavy atom. The van der Waals surface area contributed by atoms with Gasteiger partial charge in [-0.1, -0.05) is 34.1 Å². The number of hydrogen-bond acceptors (Lipinski definition) is 12. The Morgan fingerprint density at radius 3 is 2.44 bits per heavy atom. The number of alkyl carbamates (subject to hydrolysis) is 1. The Bertz CT molecular complexity index is 2010. The molecule has 1 saturated heterocycles. The van der Waals surface area contributed by atoms with Gasteiger partial charge in [0.2, 0.25) is 11.8 Å². The maximum atomic E-state index is 14.7. The van der Waals surface area contributed by atoms with Gasteiger partial charge in [0, 0.05) is 35.4 Å². The molecule has 2 unspecified atom stereocenters. The van der Waals surface area contributed by atoms with E-state index >= 15 is 0 Å². The number of likely N-dealkylation sites (tertiary alicyclic amines) is 1. The van der Waals surface area contributed by atoms with Crippen molar-refractivity contribution >= 4 is 51.2 Å². The van der Waals surface area contributed by atoms with E-state index in [2.05, 4.69) is 16.0 Å². The minimum Gasteiger partial charge on any atom is -0.491 e. The fourth-order valence-electron chi connectivity index (χ4n) is 8.38. The standard InChI is InChI=1S/C41H54N6O9S/c1-7-24-18-41(24,37(51)52)46-35(49)32-16-27(19-47(32)36(50)34(40(4,5)6)45-39(53)56-26-13-22-12-23(22)14-26)55-33-17-30(31-20-57-38(44-31)42-21(2)3)43-29-15-25(54-11-10-48)8-9-28(29)33/h8-9,15,17,20-24,26-27,32,34,48H,7,10-14,16,18-19H2,1-6H3,(H,42,44)(H,45,53)(H,46,49)(H,51,52)/t22-,23?,24+,26?,27+,32-,34+,41+/m0/s1. The summed E-state index contributed by atoms with van der Waals surface area (Å²) < 4.78 is 18.2. The summed E-state index contributed by atoms with van der Waals surface area (Å²) >= 11 is 1.45. The number of amides is 3. The van der Waals surface area contributed by atoms with Gasteiger partial charge in [0.25, 0.3) is 0 Å². The molecule has 3 heterocycles. The van der Waals surface area contributed by atoms with E-state index in [1.807, 2.05) is 46.9 Å². The summed E-state index contributed by atoms with van der Waals surface area (Å²) in [6.45, 7) is 11.4. The van der Waals surface area contributed by atoms with Crippen LogP contribution < -0.4 is 25.4 Å². The summed E-state index contributed by atoms with van der Waals surface area (Å²) in [6.07, 6.45) is 2.18. The molecule has 7 rings (SSSR count). The van der Waals surface area contributed by atoms with Crippen molar-refractivity contribution < 1.29 is 43.6 Å². The molecule has 8 atom stereocenters. The van der Waals surface area contributed by atoms with Crippen LogP contribution in [0.4, 0.5) is 9.93 Å². The van der Waals surface area contributed by atoms with Crippen LogP contribution in [0, 0.1) is 23.2 Å². The molecule has 3 aromatic rings. The number of aliphatic carboxylic acids is 1. The molecule has 16 heteroatoms. The number of pyridine rings is 1. The molecule has 1 aliphatic heterocycles. The normalized spacial score (nSPS) is 26.8. The molecule has 3 amide bonds. The number of thiazole rings is 1. The summed E-state index contributed by atoms with van der Waals surface area (Å²) in [5.74, 6) is -0.277. The number of carboxylic acid groups (broad SMARTS) is 1. The minimum atomic E-state index is -1.41. The predicted molar refractivity (Wildman–Crippen MR) is 213 cm³/mol. The van der Waals surface area contributed by atoms with Crippen molar-refractivity contribution in [1.29, 1.82) is 0 Å². The van der Waals surface area contributed by atoms with Crippen LogP contribution in [0.25, 0.3) is 22.3 Å². The zero-order chi connectivity index (χ0) is 40.8. The van der Waals surface area contributed by atoms with Gasteiger partial charge in [-0.15, -0.1) is 11.3 Å². The first-order valence-corrected chi connectivity index (χ1v) is 20.9. The van der Waals surface area contributed by atoms with Crippen LogP contribution in [0.1, 0.15) is 80.1 Å². The van der Waals surface area contributed by atoms with Gasteiger partial charge in [0.1, 0.15) is 53.6 Å². The smallest absolute Gasteiger partial charge is 0.408 e. The second kappa shape index (κ2) is 15.9. The first kappa shape index (κ1) is 40.5. The Morgan fingerprint density at radius 1 is 1.04 bits per heavy atom. The summed E-state index contributed by atoms with van der Waals surface area (Å²) in [7, 11) is 0. The molecule has 1 aromatic carbocycles.